The first kappa shape index (κ1) is 36.9. The number of hydrogen-bond donors (Lipinski definition) is 5. The van der Waals surface area contributed by atoms with E-state index in [1.54, 1.807) is 26.8 Å². The van der Waals surface area contributed by atoms with Crippen LogP contribution in [0.5, 0.6) is 0 Å². The molecule has 0 aromatic carbocycles. The number of aliphatic hydroxyl groups excluding tert-OH is 2. The molecule has 44 heavy (non-hydrogen) atoms. The van der Waals surface area contributed by atoms with Crippen molar-refractivity contribution in [3.8, 4) is 0 Å². The number of aliphatic hydroxyl groups is 3. The molecule has 2 rings (SSSR count). The minimum Gasteiger partial charge on any atom is -0.497 e. The van der Waals surface area contributed by atoms with Crippen molar-refractivity contribution in [1.82, 2.24) is 5.32 Å². The molecule has 2 unspecified atom stereocenters. The summed E-state index contributed by atoms with van der Waals surface area (Å²) in [4.78, 5) is 51.6. The maximum absolute atomic E-state index is 13.7. The van der Waals surface area contributed by atoms with Crippen LogP contribution in [0.3, 0.4) is 0 Å². The fraction of sp³-hybridized carbons (Fsp3) is 0.667. The van der Waals surface area contributed by atoms with Crippen molar-refractivity contribution < 1.29 is 58.2 Å². The van der Waals surface area contributed by atoms with Gasteiger partial charge in [0.05, 0.1) is 32.5 Å². The molecule has 0 aromatic heterocycles. The van der Waals surface area contributed by atoms with Gasteiger partial charge in [0.2, 0.25) is 11.5 Å². The number of hydrogen-bond acceptors (Lipinski definition) is 12. The number of nitrogens with one attached hydrogen (secondary N) is 1. The summed E-state index contributed by atoms with van der Waals surface area (Å²) in [6.07, 6.45) is -3.20. The second-order valence-electron chi connectivity index (χ2n) is 11.4. The minimum atomic E-state index is -2.66. The SMILES string of the molecule is COC(=O)[C@@]1(O)C(OC)=C2C[C@@H](C)C[C@H](OC)[C@H](O)[C@@H](C)/C=C(\C)[C@H](OC(N)=O)C(OC)C[C@@H](O)/C=C(\C)C(=O)NC1C2=O. The largest absolute Gasteiger partial charge is 0.497 e. The number of nitrogens with two attached hydrogens (primary N) is 1. The Balaban J connectivity index is 2.69. The molecule has 2 amide bonds. The zero-order valence-corrected chi connectivity index (χ0v) is 26.5. The molecule has 1 aliphatic carbocycles. The molecule has 2 aliphatic rings. The third-order valence-corrected chi connectivity index (χ3v) is 8.12. The van der Waals surface area contributed by atoms with Gasteiger partial charge in [0.15, 0.2) is 11.9 Å². The van der Waals surface area contributed by atoms with E-state index >= 15 is 0 Å². The number of fused-ring (bicyclic) bond motifs is 2. The third-order valence-electron chi connectivity index (χ3n) is 8.12. The van der Waals surface area contributed by atoms with Crippen molar-refractivity contribution in [1.29, 1.82) is 0 Å². The van der Waals surface area contributed by atoms with Crippen molar-refractivity contribution in [3.63, 3.8) is 0 Å². The Bertz CT molecular complexity index is 1180. The van der Waals surface area contributed by atoms with Gasteiger partial charge >= 0.3 is 12.1 Å². The van der Waals surface area contributed by atoms with Gasteiger partial charge in [0.1, 0.15) is 17.9 Å². The van der Waals surface area contributed by atoms with E-state index in [-0.39, 0.29) is 42.1 Å². The topological polar surface area (TPSA) is 213 Å². The van der Waals surface area contributed by atoms with E-state index in [1.165, 1.54) is 34.3 Å². The van der Waals surface area contributed by atoms with Crippen LogP contribution in [0.1, 0.15) is 47.0 Å². The van der Waals surface area contributed by atoms with Crippen molar-refractivity contribution in [2.45, 2.75) is 89.1 Å². The summed E-state index contributed by atoms with van der Waals surface area (Å²) < 4.78 is 26.6. The lowest BCUT2D eigenvalue weighted by atomic mass is 9.87. The van der Waals surface area contributed by atoms with Crippen LogP contribution >= 0.6 is 0 Å². The maximum atomic E-state index is 13.7. The minimum absolute atomic E-state index is 0.00108. The van der Waals surface area contributed by atoms with E-state index in [1.807, 2.05) is 0 Å². The molecule has 0 aromatic rings. The summed E-state index contributed by atoms with van der Waals surface area (Å²) in [5, 5.41) is 36.0. The van der Waals surface area contributed by atoms with E-state index in [2.05, 4.69) is 5.32 Å². The van der Waals surface area contributed by atoms with Crippen LogP contribution in [0.15, 0.2) is 34.6 Å². The number of ether oxygens (including phenoxy) is 5. The zero-order valence-electron chi connectivity index (χ0n) is 26.5. The quantitative estimate of drug-likeness (QED) is 0.208. The second kappa shape index (κ2) is 15.6. The Morgan fingerprint density at radius 1 is 1.00 bits per heavy atom. The van der Waals surface area contributed by atoms with Crippen LogP contribution < -0.4 is 11.1 Å². The lowest BCUT2D eigenvalue weighted by Crippen LogP contribution is -2.59. The summed E-state index contributed by atoms with van der Waals surface area (Å²) >= 11 is 0. The van der Waals surface area contributed by atoms with Crippen LogP contribution in [0, 0.1) is 11.8 Å². The van der Waals surface area contributed by atoms with Crippen molar-refractivity contribution in [2.24, 2.45) is 17.6 Å². The van der Waals surface area contributed by atoms with Crippen LogP contribution in [-0.4, -0.2) is 110 Å². The molecule has 2 bridgehead atoms. The zero-order chi connectivity index (χ0) is 33.5. The highest BCUT2D eigenvalue weighted by molar-refractivity contribution is 6.12. The first-order valence-electron chi connectivity index (χ1n) is 14.2. The number of Topliss-reactive ketones (excluding diaryl/α,β-unsaturated/α-hetero) is 1. The molecular formula is C30H46N2O12. The van der Waals surface area contributed by atoms with E-state index in [0.717, 1.165) is 7.11 Å². The summed E-state index contributed by atoms with van der Waals surface area (Å²) in [6, 6.07) is -1.79. The first-order valence-corrected chi connectivity index (χ1v) is 14.2. The van der Waals surface area contributed by atoms with Gasteiger partial charge in [0, 0.05) is 37.7 Å². The number of carbonyl (C=O) groups is 4. The molecule has 9 atom stereocenters. The molecule has 0 spiro atoms. The van der Waals surface area contributed by atoms with E-state index in [9.17, 15) is 34.5 Å². The van der Waals surface area contributed by atoms with Crippen LogP contribution in [0.25, 0.3) is 0 Å². The number of amides is 2. The highest BCUT2D eigenvalue weighted by Crippen LogP contribution is 2.39. The van der Waals surface area contributed by atoms with E-state index in [0.29, 0.717) is 5.57 Å². The standard InChI is InChI=1S/C30H46N2O12/c1-14-9-19-23(35)25(30(39,26(19)42-7)28(37)43-8)32-27(36)17(4)12-18(33)13-21(41-6)24(44-29(31)38)16(3)11-15(2)22(34)20(10-14)40-5/h11-12,14-15,18,20-22,24-25,33-34,39H,9-10,13H2,1-8H3,(H2,31,38)(H,32,36)/b16-11+,17-12+/t14-,15+,18+,20+,21?,22-,24+,25?,30+/m1/s1. The fourth-order valence-electron chi connectivity index (χ4n) is 5.84. The van der Waals surface area contributed by atoms with E-state index < -0.39 is 71.8 Å². The number of rotatable bonds is 5. The smallest absolute Gasteiger partial charge is 0.405 e. The maximum Gasteiger partial charge on any atom is 0.405 e. The number of carbonyl (C=O) groups excluding carboxylic acids is 4. The van der Waals surface area contributed by atoms with Crippen molar-refractivity contribution in [2.75, 3.05) is 28.4 Å². The first-order chi connectivity index (χ1) is 20.6. The summed E-state index contributed by atoms with van der Waals surface area (Å²) in [5.41, 5.74) is 3.08. The number of esters is 1. The fourth-order valence-corrected chi connectivity index (χ4v) is 5.84. The van der Waals surface area contributed by atoms with Crippen molar-refractivity contribution >= 4 is 23.8 Å². The normalized spacial score (nSPS) is 36.9. The molecular weight excluding hydrogens is 580 g/mol. The molecule has 1 aliphatic heterocycles. The average Bonchev–Trinajstić information content (AvgIpc) is 3.16. The number of ketones is 1. The van der Waals surface area contributed by atoms with Gasteiger partial charge in [-0.05, 0) is 44.3 Å². The van der Waals surface area contributed by atoms with Crippen LogP contribution in [-0.2, 0) is 38.1 Å². The lowest BCUT2D eigenvalue weighted by Gasteiger charge is -2.30. The Morgan fingerprint density at radius 2 is 1.61 bits per heavy atom. The third kappa shape index (κ3) is 8.04. The Morgan fingerprint density at radius 3 is 2.14 bits per heavy atom. The van der Waals surface area contributed by atoms with Gasteiger partial charge in [0.25, 0.3) is 0 Å². The Kier molecular flexibility index (Phi) is 13.1. The lowest BCUT2D eigenvalue weighted by molar-refractivity contribution is -0.165. The molecule has 0 saturated carbocycles. The molecule has 14 nitrogen and oxygen atoms in total. The monoisotopic (exact) mass is 626 g/mol. The molecule has 0 saturated heterocycles. The molecule has 6 N–H and O–H groups in total. The predicted molar refractivity (Wildman–Crippen MR) is 156 cm³/mol. The van der Waals surface area contributed by atoms with Gasteiger partial charge in [-0.3, -0.25) is 9.59 Å². The number of methoxy groups -OCH3 is 4. The average molecular weight is 627 g/mol. The highest BCUT2D eigenvalue weighted by atomic mass is 16.6. The molecule has 1 heterocycles. The Labute approximate surface area is 257 Å². The van der Waals surface area contributed by atoms with Gasteiger partial charge < -0.3 is 50.1 Å². The molecule has 0 radical (unpaired) electrons. The summed E-state index contributed by atoms with van der Waals surface area (Å²) in [5.74, 6) is -4.07. The van der Waals surface area contributed by atoms with Gasteiger partial charge in [-0.25, -0.2) is 9.59 Å². The van der Waals surface area contributed by atoms with Crippen LogP contribution in [0.2, 0.25) is 0 Å². The van der Waals surface area contributed by atoms with E-state index in [4.69, 9.17) is 29.4 Å². The van der Waals surface area contributed by atoms with Gasteiger partial charge in [-0.1, -0.05) is 19.9 Å². The molecule has 0 fully saturated rings. The summed E-state index contributed by atoms with van der Waals surface area (Å²) in [7, 11) is 4.98. The summed E-state index contributed by atoms with van der Waals surface area (Å²) in [6.45, 7) is 6.56. The van der Waals surface area contributed by atoms with Gasteiger partial charge in [-0.15, -0.1) is 0 Å². The predicted octanol–water partition coefficient (Wildman–Crippen LogP) is 0.423. The molecule has 248 valence electrons. The second-order valence-corrected chi connectivity index (χ2v) is 11.4. The Hall–Kier alpha value is -3.30. The van der Waals surface area contributed by atoms with Gasteiger partial charge in [-0.2, -0.15) is 0 Å². The number of primary amides is 1. The van der Waals surface area contributed by atoms with Crippen molar-refractivity contribution in [3.05, 3.63) is 34.6 Å². The highest BCUT2D eigenvalue weighted by Gasteiger charge is 2.61. The molecule has 14 heteroatoms. The van der Waals surface area contributed by atoms with Crippen LogP contribution in [0.4, 0.5) is 4.79 Å².